The summed E-state index contributed by atoms with van der Waals surface area (Å²) in [5, 5.41) is 3.05. The molecule has 0 saturated carbocycles. The average molecular weight is 376 g/mol. The van der Waals surface area contributed by atoms with E-state index in [-0.39, 0.29) is 0 Å². The first-order valence-electron chi connectivity index (χ1n) is 8.28. The largest absolute Gasteiger partial charge is 0.490 e. The number of hydrogen-bond acceptors (Lipinski definition) is 3. The Balaban J connectivity index is 2.24. The van der Waals surface area contributed by atoms with Crippen LogP contribution in [0.4, 0.5) is 0 Å². The fourth-order valence-corrected chi connectivity index (χ4v) is 3.27. The van der Waals surface area contributed by atoms with Crippen molar-refractivity contribution in [1.29, 1.82) is 0 Å². The Labute approximate surface area is 157 Å². The molecule has 0 bridgehead atoms. The van der Waals surface area contributed by atoms with Crippen LogP contribution in [-0.2, 0) is 0 Å². The van der Waals surface area contributed by atoms with E-state index in [0.29, 0.717) is 29.0 Å². The van der Waals surface area contributed by atoms with Crippen LogP contribution in [-0.4, -0.2) is 18.2 Å². The summed E-state index contributed by atoms with van der Waals surface area (Å²) in [5.41, 5.74) is 1.46. The Bertz CT molecular complexity index is 876. The first kappa shape index (κ1) is 17.8. The van der Waals surface area contributed by atoms with E-state index in [1.54, 1.807) is 6.20 Å². The van der Waals surface area contributed by atoms with Gasteiger partial charge in [-0.05, 0) is 49.1 Å². The maximum absolute atomic E-state index is 6.39. The number of fused-ring (bicyclic) bond motifs is 1. The van der Waals surface area contributed by atoms with Crippen molar-refractivity contribution in [3.8, 4) is 22.8 Å². The molecular formula is C20H19Cl2NO2. The normalized spacial score (nSPS) is 10.9. The van der Waals surface area contributed by atoms with E-state index in [4.69, 9.17) is 32.7 Å². The standard InChI is InChI=1S/C20H19Cl2NO2/c1-3-10-25-18-12-14-13(11-17(18)24-4-2)8-9-23-20(14)19-15(21)6-5-7-16(19)22/h5-9,11-12H,3-4,10H2,1-2H3. The summed E-state index contributed by atoms with van der Waals surface area (Å²) in [6.07, 6.45) is 2.67. The average Bonchev–Trinajstić information content (AvgIpc) is 2.60. The van der Waals surface area contributed by atoms with E-state index < -0.39 is 0 Å². The van der Waals surface area contributed by atoms with E-state index in [2.05, 4.69) is 11.9 Å². The van der Waals surface area contributed by atoms with Crippen molar-refractivity contribution in [2.45, 2.75) is 20.3 Å². The Morgan fingerprint density at radius 3 is 2.36 bits per heavy atom. The highest BCUT2D eigenvalue weighted by Gasteiger charge is 2.16. The molecule has 0 aliphatic rings. The van der Waals surface area contributed by atoms with Crippen LogP contribution >= 0.6 is 23.2 Å². The van der Waals surface area contributed by atoms with Crippen molar-refractivity contribution in [2.75, 3.05) is 13.2 Å². The lowest BCUT2D eigenvalue weighted by Crippen LogP contribution is -2.00. The van der Waals surface area contributed by atoms with Crippen LogP contribution in [0.3, 0.4) is 0 Å². The van der Waals surface area contributed by atoms with Crippen LogP contribution in [0.25, 0.3) is 22.0 Å². The molecule has 0 atom stereocenters. The summed E-state index contributed by atoms with van der Waals surface area (Å²) in [6, 6.07) is 11.3. The molecule has 0 aliphatic heterocycles. The van der Waals surface area contributed by atoms with Gasteiger partial charge in [-0.1, -0.05) is 36.2 Å². The first-order chi connectivity index (χ1) is 12.2. The van der Waals surface area contributed by atoms with Crippen molar-refractivity contribution < 1.29 is 9.47 Å². The highest BCUT2D eigenvalue weighted by atomic mass is 35.5. The third-order valence-electron chi connectivity index (χ3n) is 3.79. The zero-order valence-corrected chi connectivity index (χ0v) is 15.7. The maximum Gasteiger partial charge on any atom is 0.161 e. The molecule has 1 aromatic heterocycles. The van der Waals surface area contributed by atoms with Gasteiger partial charge in [0.25, 0.3) is 0 Å². The number of aromatic nitrogens is 1. The second kappa shape index (κ2) is 7.94. The SMILES string of the molecule is CCCOc1cc2c(-c3c(Cl)cccc3Cl)nccc2cc1OCC. The van der Waals surface area contributed by atoms with E-state index >= 15 is 0 Å². The fourth-order valence-electron chi connectivity index (χ4n) is 2.70. The molecule has 0 radical (unpaired) electrons. The maximum atomic E-state index is 6.39. The van der Waals surface area contributed by atoms with Crippen LogP contribution in [0.15, 0.2) is 42.6 Å². The minimum absolute atomic E-state index is 0.567. The van der Waals surface area contributed by atoms with E-state index in [1.807, 2.05) is 43.3 Å². The van der Waals surface area contributed by atoms with E-state index in [0.717, 1.165) is 34.2 Å². The fraction of sp³-hybridized carbons (Fsp3) is 0.250. The highest BCUT2D eigenvalue weighted by Crippen LogP contribution is 2.40. The summed E-state index contributed by atoms with van der Waals surface area (Å²) >= 11 is 12.8. The summed E-state index contributed by atoms with van der Waals surface area (Å²) < 4.78 is 11.6. The second-order valence-electron chi connectivity index (χ2n) is 5.56. The van der Waals surface area contributed by atoms with Gasteiger partial charge in [0, 0.05) is 17.1 Å². The summed E-state index contributed by atoms with van der Waals surface area (Å²) in [7, 11) is 0. The monoisotopic (exact) mass is 375 g/mol. The third kappa shape index (κ3) is 3.68. The van der Waals surface area contributed by atoms with Crippen molar-refractivity contribution in [1.82, 2.24) is 4.98 Å². The van der Waals surface area contributed by atoms with E-state index in [9.17, 15) is 0 Å². The van der Waals surface area contributed by atoms with Crippen LogP contribution in [0.1, 0.15) is 20.3 Å². The van der Waals surface area contributed by atoms with Gasteiger partial charge in [0.1, 0.15) is 0 Å². The number of benzene rings is 2. The number of nitrogens with zero attached hydrogens (tertiary/aromatic N) is 1. The van der Waals surface area contributed by atoms with Gasteiger partial charge < -0.3 is 9.47 Å². The molecule has 25 heavy (non-hydrogen) atoms. The predicted molar refractivity (Wildman–Crippen MR) is 104 cm³/mol. The Kier molecular flexibility index (Phi) is 5.67. The van der Waals surface area contributed by atoms with Crippen molar-refractivity contribution in [3.63, 3.8) is 0 Å². The van der Waals surface area contributed by atoms with Gasteiger partial charge in [0.2, 0.25) is 0 Å². The van der Waals surface area contributed by atoms with Crippen LogP contribution in [0.2, 0.25) is 10.0 Å². The zero-order valence-electron chi connectivity index (χ0n) is 14.2. The smallest absolute Gasteiger partial charge is 0.161 e. The topological polar surface area (TPSA) is 31.4 Å². The molecule has 0 aliphatic carbocycles. The summed E-state index contributed by atoms with van der Waals surface area (Å²) in [6.45, 7) is 5.21. The van der Waals surface area contributed by atoms with Gasteiger partial charge in [-0.3, -0.25) is 4.98 Å². The lowest BCUT2D eigenvalue weighted by Gasteiger charge is -2.15. The molecule has 0 amide bonds. The lowest BCUT2D eigenvalue weighted by atomic mass is 10.0. The predicted octanol–water partition coefficient (Wildman–Crippen LogP) is 6.40. The van der Waals surface area contributed by atoms with Gasteiger partial charge in [-0.25, -0.2) is 0 Å². The van der Waals surface area contributed by atoms with Crippen LogP contribution in [0.5, 0.6) is 11.5 Å². The molecule has 5 heteroatoms. The molecule has 0 N–H and O–H groups in total. The van der Waals surface area contributed by atoms with Crippen molar-refractivity contribution >= 4 is 34.0 Å². The summed E-state index contributed by atoms with van der Waals surface area (Å²) in [4.78, 5) is 4.53. The van der Waals surface area contributed by atoms with Gasteiger partial charge >= 0.3 is 0 Å². The third-order valence-corrected chi connectivity index (χ3v) is 4.42. The molecule has 3 nitrogen and oxygen atoms in total. The minimum atomic E-state index is 0.567. The molecule has 130 valence electrons. The number of rotatable bonds is 6. The Morgan fingerprint density at radius 2 is 1.68 bits per heavy atom. The minimum Gasteiger partial charge on any atom is -0.490 e. The van der Waals surface area contributed by atoms with Crippen molar-refractivity contribution in [3.05, 3.63) is 52.6 Å². The molecule has 3 rings (SSSR count). The van der Waals surface area contributed by atoms with Crippen molar-refractivity contribution in [2.24, 2.45) is 0 Å². The van der Waals surface area contributed by atoms with Gasteiger partial charge in [-0.2, -0.15) is 0 Å². The number of halogens is 2. The van der Waals surface area contributed by atoms with E-state index in [1.165, 1.54) is 0 Å². The number of pyridine rings is 1. The molecule has 0 unspecified atom stereocenters. The van der Waals surface area contributed by atoms with Gasteiger partial charge in [0.15, 0.2) is 11.5 Å². The Morgan fingerprint density at radius 1 is 0.960 bits per heavy atom. The molecule has 1 heterocycles. The van der Waals surface area contributed by atoms with Gasteiger partial charge in [-0.15, -0.1) is 0 Å². The van der Waals surface area contributed by atoms with Gasteiger partial charge in [0.05, 0.1) is 29.0 Å². The molecule has 3 aromatic rings. The zero-order chi connectivity index (χ0) is 17.8. The first-order valence-corrected chi connectivity index (χ1v) is 9.04. The number of hydrogen-bond donors (Lipinski definition) is 0. The molecule has 0 fully saturated rings. The molecule has 0 saturated heterocycles. The Hall–Kier alpha value is -1.97. The van der Waals surface area contributed by atoms with Crippen LogP contribution < -0.4 is 9.47 Å². The van der Waals surface area contributed by atoms with Crippen LogP contribution in [0, 0.1) is 0 Å². The molecular weight excluding hydrogens is 357 g/mol. The second-order valence-corrected chi connectivity index (χ2v) is 6.37. The molecule has 0 spiro atoms. The highest BCUT2D eigenvalue weighted by molar-refractivity contribution is 6.39. The summed E-state index contributed by atoms with van der Waals surface area (Å²) in [5.74, 6) is 1.43. The lowest BCUT2D eigenvalue weighted by molar-refractivity contribution is 0.277. The number of ether oxygens (including phenoxy) is 2. The quantitative estimate of drug-likeness (QED) is 0.499. The molecule has 2 aromatic carbocycles.